The average Bonchev–Trinajstić information content (AvgIpc) is 2.25. The van der Waals surface area contributed by atoms with Crippen molar-refractivity contribution >= 4 is 11.4 Å². The van der Waals surface area contributed by atoms with Crippen LogP contribution in [0.1, 0.15) is 19.4 Å². The summed E-state index contributed by atoms with van der Waals surface area (Å²) in [6.07, 6.45) is 0. The van der Waals surface area contributed by atoms with Crippen LogP contribution in [0, 0.1) is 23.0 Å². The summed E-state index contributed by atoms with van der Waals surface area (Å²) in [7, 11) is 0. The van der Waals surface area contributed by atoms with Crippen molar-refractivity contribution in [1.82, 2.24) is 0 Å². The maximum absolute atomic E-state index is 10.9. The van der Waals surface area contributed by atoms with Gasteiger partial charge in [-0.1, -0.05) is 19.9 Å². The van der Waals surface area contributed by atoms with Gasteiger partial charge in [0.2, 0.25) is 0 Å². The van der Waals surface area contributed by atoms with Gasteiger partial charge in [-0.3, -0.25) is 10.1 Å². The van der Waals surface area contributed by atoms with Gasteiger partial charge in [-0.2, -0.15) is 0 Å². The topological polar surface area (TPSA) is 81.2 Å². The molecular weight excluding hydrogens is 218 g/mol. The van der Waals surface area contributed by atoms with E-state index in [1.165, 1.54) is 6.07 Å². The number of hydrogen-bond donors (Lipinski definition) is 2. The Morgan fingerprint density at radius 2 is 2.12 bits per heavy atom. The summed E-state index contributed by atoms with van der Waals surface area (Å²) in [5.74, 6) is 0.320. The first-order valence-corrected chi connectivity index (χ1v) is 5.67. The van der Waals surface area contributed by atoms with Crippen molar-refractivity contribution in [3.63, 3.8) is 0 Å². The SMILES string of the molecule is Cc1ccc([N+](=O)[O-])c(NC(CN)C(C)C)c1. The van der Waals surface area contributed by atoms with Crippen LogP contribution in [0.2, 0.25) is 0 Å². The van der Waals surface area contributed by atoms with Crippen LogP contribution in [0.3, 0.4) is 0 Å². The second-order valence-corrected chi connectivity index (χ2v) is 4.51. The summed E-state index contributed by atoms with van der Waals surface area (Å²) in [6, 6.07) is 5.07. The lowest BCUT2D eigenvalue weighted by Gasteiger charge is -2.21. The zero-order valence-electron chi connectivity index (χ0n) is 10.4. The molecule has 0 aliphatic heterocycles. The lowest BCUT2D eigenvalue weighted by atomic mass is 10.0. The van der Waals surface area contributed by atoms with Crippen molar-refractivity contribution in [3.8, 4) is 0 Å². The third kappa shape index (κ3) is 3.42. The molecule has 0 bridgehead atoms. The third-order valence-corrected chi connectivity index (χ3v) is 2.75. The minimum Gasteiger partial charge on any atom is -0.375 e. The molecule has 0 saturated heterocycles. The number of anilines is 1. The Morgan fingerprint density at radius 3 is 2.59 bits per heavy atom. The smallest absolute Gasteiger partial charge is 0.292 e. The second-order valence-electron chi connectivity index (χ2n) is 4.51. The van der Waals surface area contributed by atoms with Crippen LogP contribution in [0.4, 0.5) is 11.4 Å². The van der Waals surface area contributed by atoms with Gasteiger partial charge in [0.1, 0.15) is 5.69 Å². The number of nitro groups is 1. The maximum Gasteiger partial charge on any atom is 0.292 e. The van der Waals surface area contributed by atoms with Gasteiger partial charge in [-0.15, -0.1) is 0 Å². The molecule has 0 amide bonds. The number of rotatable bonds is 5. The summed E-state index contributed by atoms with van der Waals surface area (Å²) in [5, 5.41) is 14.1. The van der Waals surface area contributed by atoms with Crippen molar-refractivity contribution in [1.29, 1.82) is 0 Å². The van der Waals surface area contributed by atoms with Crippen molar-refractivity contribution in [2.75, 3.05) is 11.9 Å². The van der Waals surface area contributed by atoms with E-state index in [9.17, 15) is 10.1 Å². The van der Waals surface area contributed by atoms with E-state index in [2.05, 4.69) is 5.32 Å². The normalized spacial score (nSPS) is 12.5. The minimum absolute atomic E-state index is 0.0375. The summed E-state index contributed by atoms with van der Waals surface area (Å²) in [5.41, 5.74) is 7.27. The molecule has 94 valence electrons. The molecule has 1 atom stereocenters. The predicted octanol–water partition coefficient (Wildman–Crippen LogP) is 2.30. The highest BCUT2D eigenvalue weighted by atomic mass is 16.6. The van der Waals surface area contributed by atoms with Crippen LogP contribution in [0.25, 0.3) is 0 Å². The Balaban J connectivity index is 3.03. The first-order chi connectivity index (χ1) is 7.95. The average molecular weight is 237 g/mol. The van der Waals surface area contributed by atoms with Gasteiger partial charge in [0.15, 0.2) is 0 Å². The number of benzene rings is 1. The molecule has 0 aliphatic carbocycles. The van der Waals surface area contributed by atoms with Crippen LogP contribution in [0.5, 0.6) is 0 Å². The number of nitrogens with zero attached hydrogens (tertiary/aromatic N) is 1. The largest absolute Gasteiger partial charge is 0.375 e. The van der Waals surface area contributed by atoms with Gasteiger partial charge in [0.05, 0.1) is 4.92 Å². The molecule has 0 fully saturated rings. The molecule has 1 aromatic rings. The Bertz CT molecular complexity index is 405. The lowest BCUT2D eigenvalue weighted by Crippen LogP contribution is -2.33. The first kappa shape index (κ1) is 13.4. The van der Waals surface area contributed by atoms with Gasteiger partial charge in [-0.25, -0.2) is 0 Å². The maximum atomic E-state index is 10.9. The van der Waals surface area contributed by atoms with E-state index in [-0.39, 0.29) is 16.7 Å². The molecule has 0 heterocycles. The zero-order chi connectivity index (χ0) is 13.0. The van der Waals surface area contributed by atoms with Gasteiger partial charge in [0.25, 0.3) is 5.69 Å². The number of aryl methyl sites for hydroxylation is 1. The molecule has 1 unspecified atom stereocenters. The summed E-state index contributed by atoms with van der Waals surface area (Å²) >= 11 is 0. The molecule has 0 spiro atoms. The summed E-state index contributed by atoms with van der Waals surface area (Å²) in [6.45, 7) is 6.42. The van der Waals surface area contributed by atoms with Crippen LogP contribution in [-0.4, -0.2) is 17.5 Å². The second kappa shape index (κ2) is 5.63. The van der Waals surface area contributed by atoms with Crippen molar-refractivity contribution in [3.05, 3.63) is 33.9 Å². The fourth-order valence-electron chi connectivity index (χ4n) is 1.62. The molecule has 17 heavy (non-hydrogen) atoms. The van der Waals surface area contributed by atoms with E-state index in [0.717, 1.165) is 5.56 Å². The van der Waals surface area contributed by atoms with E-state index < -0.39 is 0 Å². The van der Waals surface area contributed by atoms with Crippen molar-refractivity contribution in [2.45, 2.75) is 26.8 Å². The van der Waals surface area contributed by atoms with Crippen LogP contribution < -0.4 is 11.1 Å². The molecule has 5 nitrogen and oxygen atoms in total. The molecule has 5 heteroatoms. The van der Waals surface area contributed by atoms with E-state index in [1.807, 2.05) is 20.8 Å². The summed E-state index contributed by atoms with van der Waals surface area (Å²) in [4.78, 5) is 10.5. The van der Waals surface area contributed by atoms with Crippen LogP contribution in [-0.2, 0) is 0 Å². The molecule has 0 aliphatic rings. The Morgan fingerprint density at radius 1 is 1.47 bits per heavy atom. The molecule has 0 aromatic heterocycles. The summed E-state index contributed by atoms with van der Waals surface area (Å²) < 4.78 is 0. The number of nitrogens with two attached hydrogens (primary N) is 1. The van der Waals surface area contributed by atoms with E-state index in [1.54, 1.807) is 12.1 Å². The quantitative estimate of drug-likeness (QED) is 0.608. The van der Waals surface area contributed by atoms with E-state index in [0.29, 0.717) is 18.2 Å². The van der Waals surface area contributed by atoms with Gasteiger partial charge in [-0.05, 0) is 24.5 Å². The molecule has 1 aromatic carbocycles. The van der Waals surface area contributed by atoms with Crippen LogP contribution >= 0.6 is 0 Å². The highest BCUT2D eigenvalue weighted by Gasteiger charge is 2.18. The molecular formula is C12H19N3O2. The number of nitro benzene ring substituents is 1. The standard InChI is InChI=1S/C12H19N3O2/c1-8(2)11(7-13)14-10-6-9(3)4-5-12(10)15(16)17/h4-6,8,11,14H,7,13H2,1-3H3. The Kier molecular flexibility index (Phi) is 4.45. The highest BCUT2D eigenvalue weighted by Crippen LogP contribution is 2.26. The van der Waals surface area contributed by atoms with E-state index >= 15 is 0 Å². The van der Waals surface area contributed by atoms with Crippen molar-refractivity contribution in [2.24, 2.45) is 11.7 Å². The highest BCUT2D eigenvalue weighted by molar-refractivity contribution is 5.63. The first-order valence-electron chi connectivity index (χ1n) is 5.67. The molecule has 0 saturated carbocycles. The van der Waals surface area contributed by atoms with Crippen molar-refractivity contribution < 1.29 is 4.92 Å². The van der Waals surface area contributed by atoms with E-state index in [4.69, 9.17) is 5.73 Å². The fraction of sp³-hybridized carbons (Fsp3) is 0.500. The van der Waals surface area contributed by atoms with Gasteiger partial charge < -0.3 is 11.1 Å². The molecule has 3 N–H and O–H groups in total. The fourth-order valence-corrected chi connectivity index (χ4v) is 1.62. The third-order valence-electron chi connectivity index (χ3n) is 2.75. The Labute approximate surface area is 101 Å². The molecule has 1 rings (SSSR count). The van der Waals surface area contributed by atoms with Gasteiger partial charge in [0, 0.05) is 18.7 Å². The van der Waals surface area contributed by atoms with Crippen LogP contribution in [0.15, 0.2) is 18.2 Å². The molecule has 0 radical (unpaired) electrons. The monoisotopic (exact) mass is 237 g/mol. The Hall–Kier alpha value is -1.62. The lowest BCUT2D eigenvalue weighted by molar-refractivity contribution is -0.384. The zero-order valence-corrected chi connectivity index (χ0v) is 10.4. The number of nitrogens with one attached hydrogen (secondary N) is 1. The number of hydrogen-bond acceptors (Lipinski definition) is 4. The van der Waals surface area contributed by atoms with Gasteiger partial charge >= 0.3 is 0 Å². The predicted molar refractivity (Wildman–Crippen MR) is 69.1 cm³/mol. The minimum atomic E-state index is -0.379.